The maximum atomic E-state index is 12.8. The molecular weight excluding hydrogens is 406 g/mol. The van der Waals surface area contributed by atoms with E-state index in [4.69, 9.17) is 14.0 Å². The molecule has 1 atom stereocenters. The molecule has 4 rings (SSSR count). The van der Waals surface area contributed by atoms with E-state index in [0.717, 1.165) is 5.56 Å². The van der Waals surface area contributed by atoms with Gasteiger partial charge < -0.3 is 19.3 Å². The van der Waals surface area contributed by atoms with Gasteiger partial charge >= 0.3 is 0 Å². The predicted octanol–water partition coefficient (Wildman–Crippen LogP) is 4.47. The molecule has 0 fully saturated rings. The molecule has 7 heteroatoms. The van der Waals surface area contributed by atoms with Gasteiger partial charge in [0.05, 0.1) is 14.2 Å². The van der Waals surface area contributed by atoms with Gasteiger partial charge in [-0.25, -0.2) is 0 Å². The number of carbonyl (C=O) groups excluding carboxylic acids is 1. The maximum absolute atomic E-state index is 12.8. The van der Waals surface area contributed by atoms with E-state index in [1.54, 1.807) is 44.6 Å². The van der Waals surface area contributed by atoms with Crippen molar-refractivity contribution in [1.82, 2.24) is 15.5 Å². The third-order valence-corrected chi connectivity index (χ3v) is 4.97. The molecule has 1 aromatic heterocycles. The molecule has 1 N–H and O–H groups in total. The number of ether oxygens (including phenoxy) is 2. The fraction of sp³-hybridized carbons (Fsp3) is 0.160. The van der Waals surface area contributed by atoms with Crippen LogP contribution in [0.25, 0.3) is 11.4 Å². The molecule has 0 saturated heterocycles. The van der Waals surface area contributed by atoms with E-state index in [1.165, 1.54) is 0 Å². The Hall–Kier alpha value is -4.13. The smallest absolute Gasteiger partial charge is 0.251 e. The van der Waals surface area contributed by atoms with Crippen LogP contribution in [0.1, 0.15) is 27.9 Å². The van der Waals surface area contributed by atoms with Crippen LogP contribution < -0.4 is 14.8 Å². The minimum absolute atomic E-state index is 0.214. The maximum Gasteiger partial charge on any atom is 0.251 e. The Morgan fingerprint density at radius 3 is 2.19 bits per heavy atom. The van der Waals surface area contributed by atoms with E-state index in [-0.39, 0.29) is 5.91 Å². The van der Waals surface area contributed by atoms with Crippen LogP contribution in [0.15, 0.2) is 83.4 Å². The van der Waals surface area contributed by atoms with Crippen LogP contribution in [0.2, 0.25) is 0 Å². The van der Waals surface area contributed by atoms with E-state index in [1.807, 2.05) is 48.5 Å². The number of carbonyl (C=O) groups is 1. The molecule has 0 radical (unpaired) electrons. The number of rotatable bonds is 8. The molecule has 3 aromatic carbocycles. The first-order valence-electron chi connectivity index (χ1n) is 10.1. The van der Waals surface area contributed by atoms with Gasteiger partial charge in [0.15, 0.2) is 0 Å². The number of amides is 1. The second-order valence-electron chi connectivity index (χ2n) is 7.14. The normalized spacial score (nSPS) is 11.6. The number of nitrogens with one attached hydrogen (secondary N) is 1. The van der Waals surface area contributed by atoms with Crippen molar-refractivity contribution in [2.45, 2.75) is 12.5 Å². The molecule has 0 spiro atoms. The van der Waals surface area contributed by atoms with E-state index >= 15 is 0 Å². The van der Waals surface area contributed by atoms with Crippen molar-refractivity contribution in [2.75, 3.05) is 14.2 Å². The molecule has 0 unspecified atom stereocenters. The van der Waals surface area contributed by atoms with Gasteiger partial charge in [0, 0.05) is 23.6 Å². The Morgan fingerprint density at radius 1 is 0.938 bits per heavy atom. The molecule has 0 aliphatic carbocycles. The number of benzene rings is 3. The molecule has 0 aliphatic rings. The standard InChI is InChI=1S/C25H23N3O4/c1-30-20-14-19(15-21(16-20)31-2)23-27-25(32-28-23)22(13-17-9-5-3-6-10-17)26-24(29)18-11-7-4-8-12-18/h3-12,14-16,22H,13H2,1-2H3,(H,26,29)/t22-/m0/s1. The zero-order chi connectivity index (χ0) is 22.3. The number of methoxy groups -OCH3 is 2. The highest BCUT2D eigenvalue weighted by molar-refractivity contribution is 5.94. The van der Waals surface area contributed by atoms with Crippen LogP contribution in [0.3, 0.4) is 0 Å². The molecule has 1 amide bonds. The molecule has 162 valence electrons. The predicted molar refractivity (Wildman–Crippen MR) is 120 cm³/mol. The van der Waals surface area contributed by atoms with Crippen LogP contribution in [0.5, 0.6) is 11.5 Å². The van der Waals surface area contributed by atoms with Crippen LogP contribution in [-0.2, 0) is 6.42 Å². The summed E-state index contributed by atoms with van der Waals surface area (Å²) >= 11 is 0. The summed E-state index contributed by atoms with van der Waals surface area (Å²) in [7, 11) is 3.16. The van der Waals surface area contributed by atoms with Gasteiger partial charge in [-0.3, -0.25) is 4.79 Å². The van der Waals surface area contributed by atoms with Gasteiger partial charge in [-0.2, -0.15) is 4.98 Å². The number of hydrogen-bond acceptors (Lipinski definition) is 6. The summed E-state index contributed by atoms with van der Waals surface area (Å²) in [5.41, 5.74) is 2.28. The quantitative estimate of drug-likeness (QED) is 0.445. The van der Waals surface area contributed by atoms with Gasteiger partial charge in [0.25, 0.3) is 5.91 Å². The van der Waals surface area contributed by atoms with Crippen molar-refractivity contribution in [1.29, 1.82) is 0 Å². The first kappa shape index (κ1) is 21.1. The average molecular weight is 429 g/mol. The van der Waals surface area contributed by atoms with Crippen molar-refractivity contribution in [3.05, 3.63) is 95.9 Å². The Labute approximate surface area is 186 Å². The lowest BCUT2D eigenvalue weighted by Gasteiger charge is -2.15. The zero-order valence-corrected chi connectivity index (χ0v) is 17.8. The van der Waals surface area contributed by atoms with E-state index in [9.17, 15) is 4.79 Å². The van der Waals surface area contributed by atoms with Crippen molar-refractivity contribution >= 4 is 5.91 Å². The third kappa shape index (κ3) is 4.95. The van der Waals surface area contributed by atoms with Crippen molar-refractivity contribution in [3.8, 4) is 22.9 Å². The van der Waals surface area contributed by atoms with Crippen molar-refractivity contribution in [3.63, 3.8) is 0 Å². The van der Waals surface area contributed by atoms with Gasteiger partial charge in [-0.1, -0.05) is 53.7 Å². The summed E-state index contributed by atoms with van der Waals surface area (Å²) in [5.74, 6) is 1.71. The lowest BCUT2D eigenvalue weighted by molar-refractivity contribution is 0.0928. The van der Waals surface area contributed by atoms with Crippen LogP contribution in [-0.4, -0.2) is 30.3 Å². The minimum Gasteiger partial charge on any atom is -0.497 e. The van der Waals surface area contributed by atoms with Gasteiger partial charge in [-0.05, 0) is 29.8 Å². The molecule has 0 saturated carbocycles. The molecular formula is C25H23N3O4. The summed E-state index contributed by atoms with van der Waals surface area (Å²) in [6.45, 7) is 0. The Balaban J connectivity index is 1.64. The van der Waals surface area contributed by atoms with Crippen molar-refractivity contribution < 1.29 is 18.8 Å². The van der Waals surface area contributed by atoms with E-state index in [2.05, 4.69) is 15.5 Å². The fourth-order valence-electron chi connectivity index (χ4n) is 3.31. The molecule has 7 nitrogen and oxygen atoms in total. The summed E-state index contributed by atoms with van der Waals surface area (Å²) < 4.78 is 16.2. The van der Waals surface area contributed by atoms with Crippen LogP contribution in [0, 0.1) is 0 Å². The lowest BCUT2D eigenvalue weighted by atomic mass is 10.1. The van der Waals surface area contributed by atoms with Gasteiger partial charge in [0.1, 0.15) is 17.5 Å². The molecule has 0 aliphatic heterocycles. The molecule has 1 heterocycles. The Kier molecular flexibility index (Phi) is 6.46. The van der Waals surface area contributed by atoms with Crippen LogP contribution in [0.4, 0.5) is 0 Å². The third-order valence-electron chi connectivity index (χ3n) is 4.97. The monoisotopic (exact) mass is 429 g/mol. The molecule has 32 heavy (non-hydrogen) atoms. The average Bonchev–Trinajstić information content (AvgIpc) is 3.35. The first-order valence-corrected chi connectivity index (χ1v) is 10.1. The Morgan fingerprint density at radius 2 is 1.56 bits per heavy atom. The molecule has 0 bridgehead atoms. The first-order chi connectivity index (χ1) is 15.7. The number of aromatic nitrogens is 2. The summed E-state index contributed by atoms with van der Waals surface area (Å²) in [5, 5.41) is 7.15. The van der Waals surface area contributed by atoms with Gasteiger partial charge in [-0.15, -0.1) is 0 Å². The highest BCUT2D eigenvalue weighted by Crippen LogP contribution is 2.29. The highest BCUT2D eigenvalue weighted by Gasteiger charge is 2.23. The highest BCUT2D eigenvalue weighted by atomic mass is 16.5. The Bertz CT molecular complexity index is 1150. The number of hydrogen-bond donors (Lipinski definition) is 1. The summed E-state index contributed by atoms with van der Waals surface area (Å²) in [4.78, 5) is 17.4. The van der Waals surface area contributed by atoms with Gasteiger partial charge in [0.2, 0.25) is 11.7 Å². The topological polar surface area (TPSA) is 86.5 Å². The summed E-state index contributed by atoms with van der Waals surface area (Å²) in [6.07, 6.45) is 0.502. The van der Waals surface area contributed by atoms with E-state index < -0.39 is 6.04 Å². The van der Waals surface area contributed by atoms with E-state index in [0.29, 0.717) is 40.8 Å². The fourth-order valence-corrected chi connectivity index (χ4v) is 3.31. The summed E-state index contributed by atoms with van der Waals surface area (Å²) in [6, 6.07) is 23.7. The van der Waals surface area contributed by atoms with Crippen molar-refractivity contribution in [2.24, 2.45) is 0 Å². The lowest BCUT2D eigenvalue weighted by Crippen LogP contribution is -2.30. The minimum atomic E-state index is -0.501. The van der Waals surface area contributed by atoms with Crippen LogP contribution >= 0.6 is 0 Å². The number of nitrogens with zero attached hydrogens (tertiary/aromatic N) is 2. The zero-order valence-electron chi connectivity index (χ0n) is 17.8. The second-order valence-corrected chi connectivity index (χ2v) is 7.14. The largest absolute Gasteiger partial charge is 0.497 e. The second kappa shape index (κ2) is 9.78. The molecule has 4 aromatic rings. The SMILES string of the molecule is COc1cc(OC)cc(-c2noc([C@H](Cc3ccccc3)NC(=O)c3ccccc3)n2)c1.